The van der Waals surface area contributed by atoms with Gasteiger partial charge in [0.25, 0.3) is 0 Å². The molecule has 4 N–H and O–H groups in total. The molecular formula is C22H28ClNO6. The summed E-state index contributed by atoms with van der Waals surface area (Å²) in [5.41, 5.74) is 2.35. The van der Waals surface area contributed by atoms with E-state index in [1.807, 2.05) is 36.4 Å². The van der Waals surface area contributed by atoms with E-state index in [0.717, 1.165) is 42.1 Å². The van der Waals surface area contributed by atoms with Crippen molar-refractivity contribution in [1.82, 2.24) is 5.32 Å². The monoisotopic (exact) mass is 437 g/mol. The Morgan fingerprint density at radius 1 is 1.07 bits per heavy atom. The van der Waals surface area contributed by atoms with E-state index in [-0.39, 0.29) is 6.10 Å². The Bertz CT molecular complexity index is 770. The number of rotatable bonds is 10. The van der Waals surface area contributed by atoms with Crippen LogP contribution in [-0.2, 0) is 16.0 Å². The van der Waals surface area contributed by atoms with Crippen LogP contribution in [0.5, 0.6) is 5.75 Å². The summed E-state index contributed by atoms with van der Waals surface area (Å²) in [5, 5.41) is 27.9. The van der Waals surface area contributed by atoms with E-state index in [0.29, 0.717) is 13.2 Å². The van der Waals surface area contributed by atoms with Crippen molar-refractivity contribution in [2.75, 3.05) is 19.7 Å². The molecule has 0 aliphatic carbocycles. The number of unbranched alkanes of at least 4 members (excludes halogenated alkanes) is 1. The molecular weight excluding hydrogens is 410 g/mol. The van der Waals surface area contributed by atoms with Crippen molar-refractivity contribution in [2.45, 2.75) is 32.3 Å². The van der Waals surface area contributed by atoms with Crippen LogP contribution >= 0.6 is 11.6 Å². The summed E-state index contributed by atoms with van der Waals surface area (Å²) in [6, 6.07) is 16.1. The molecule has 1 unspecified atom stereocenters. The zero-order valence-corrected chi connectivity index (χ0v) is 17.6. The Morgan fingerprint density at radius 2 is 1.73 bits per heavy atom. The van der Waals surface area contributed by atoms with E-state index in [9.17, 15) is 5.11 Å². The Labute approximate surface area is 181 Å². The van der Waals surface area contributed by atoms with Gasteiger partial charge in [0.2, 0.25) is 0 Å². The molecule has 0 aromatic heterocycles. The van der Waals surface area contributed by atoms with Gasteiger partial charge in [0.15, 0.2) is 0 Å². The van der Waals surface area contributed by atoms with Crippen LogP contribution < -0.4 is 10.1 Å². The molecule has 0 aliphatic rings. The number of hydrogen-bond donors (Lipinski definition) is 4. The van der Waals surface area contributed by atoms with Crippen molar-refractivity contribution in [3.63, 3.8) is 0 Å². The zero-order valence-electron chi connectivity index (χ0n) is 16.9. The Kier molecular flexibility index (Phi) is 12.2. The number of benzene rings is 2. The fourth-order valence-corrected chi connectivity index (χ4v) is 2.68. The Hall–Kier alpha value is -2.61. The van der Waals surface area contributed by atoms with E-state index in [4.69, 9.17) is 36.1 Å². The SMILES string of the molecule is CC(O)CNCCCCOc1ccc(Cl)cc1Cc1ccccc1.O=C(O)C(=O)O. The average Bonchev–Trinajstić information content (AvgIpc) is 2.69. The molecule has 2 aromatic rings. The average molecular weight is 438 g/mol. The van der Waals surface area contributed by atoms with Gasteiger partial charge < -0.3 is 25.4 Å². The molecule has 0 radical (unpaired) electrons. The summed E-state index contributed by atoms with van der Waals surface area (Å²) in [5.74, 6) is -2.75. The fourth-order valence-electron chi connectivity index (χ4n) is 2.49. The van der Waals surface area contributed by atoms with Crippen molar-refractivity contribution in [3.8, 4) is 5.75 Å². The zero-order chi connectivity index (χ0) is 22.4. The standard InChI is InChI=1S/C20H26ClNO2.C2H2O4/c1-16(23)15-22-11-5-6-12-24-20-10-9-19(21)14-18(20)13-17-7-3-2-4-8-17;3-1(4)2(5)6/h2-4,7-10,14,16,22-23H,5-6,11-13,15H2,1H3;(H,3,4)(H,5,6). The molecule has 0 aliphatic heterocycles. The number of aliphatic carboxylic acids is 2. The van der Waals surface area contributed by atoms with E-state index < -0.39 is 11.9 Å². The van der Waals surface area contributed by atoms with Crippen molar-refractivity contribution in [2.24, 2.45) is 0 Å². The molecule has 30 heavy (non-hydrogen) atoms. The largest absolute Gasteiger partial charge is 0.493 e. The second kappa shape index (κ2) is 14.4. The van der Waals surface area contributed by atoms with Crippen LogP contribution in [0.15, 0.2) is 48.5 Å². The number of ether oxygens (including phenoxy) is 1. The van der Waals surface area contributed by atoms with Gasteiger partial charge >= 0.3 is 11.9 Å². The van der Waals surface area contributed by atoms with Gasteiger partial charge in [-0.05, 0) is 55.6 Å². The van der Waals surface area contributed by atoms with Gasteiger partial charge in [0.1, 0.15) is 5.75 Å². The number of halogens is 1. The summed E-state index contributed by atoms with van der Waals surface area (Å²) in [7, 11) is 0. The highest BCUT2D eigenvalue weighted by Gasteiger charge is 2.06. The first-order valence-corrected chi connectivity index (χ1v) is 9.97. The Morgan fingerprint density at radius 3 is 2.33 bits per heavy atom. The third kappa shape index (κ3) is 11.4. The van der Waals surface area contributed by atoms with Crippen LogP contribution in [0.1, 0.15) is 30.9 Å². The van der Waals surface area contributed by atoms with Crippen molar-refractivity contribution >= 4 is 23.5 Å². The van der Waals surface area contributed by atoms with Crippen molar-refractivity contribution in [1.29, 1.82) is 0 Å². The lowest BCUT2D eigenvalue weighted by Gasteiger charge is -2.12. The van der Waals surface area contributed by atoms with Gasteiger partial charge in [0.05, 0.1) is 12.7 Å². The van der Waals surface area contributed by atoms with Gasteiger partial charge in [0, 0.05) is 18.0 Å². The topological polar surface area (TPSA) is 116 Å². The van der Waals surface area contributed by atoms with Crippen molar-refractivity contribution < 1.29 is 29.6 Å². The molecule has 0 saturated heterocycles. The summed E-state index contributed by atoms with van der Waals surface area (Å²) in [6.07, 6.45) is 2.51. The maximum Gasteiger partial charge on any atom is 0.414 e. The lowest BCUT2D eigenvalue weighted by molar-refractivity contribution is -0.159. The molecule has 0 amide bonds. The predicted octanol–water partition coefficient (Wildman–Crippen LogP) is 3.22. The van der Waals surface area contributed by atoms with E-state index in [1.54, 1.807) is 6.92 Å². The summed E-state index contributed by atoms with van der Waals surface area (Å²) < 4.78 is 5.96. The molecule has 0 spiro atoms. The second-order valence-electron chi connectivity index (χ2n) is 6.63. The minimum Gasteiger partial charge on any atom is -0.493 e. The van der Waals surface area contributed by atoms with Gasteiger partial charge in [-0.3, -0.25) is 0 Å². The first kappa shape index (κ1) is 25.4. The smallest absolute Gasteiger partial charge is 0.414 e. The minimum absolute atomic E-state index is 0.295. The molecule has 2 aromatic carbocycles. The van der Waals surface area contributed by atoms with Gasteiger partial charge in [-0.15, -0.1) is 0 Å². The third-order valence-electron chi connectivity index (χ3n) is 3.89. The normalized spacial score (nSPS) is 11.2. The number of carbonyl (C=O) groups is 2. The molecule has 164 valence electrons. The number of hydrogen-bond acceptors (Lipinski definition) is 5. The number of aliphatic hydroxyl groups is 1. The third-order valence-corrected chi connectivity index (χ3v) is 4.12. The minimum atomic E-state index is -1.82. The molecule has 1 atom stereocenters. The molecule has 0 saturated carbocycles. The van der Waals surface area contributed by atoms with E-state index >= 15 is 0 Å². The maximum atomic E-state index is 9.18. The summed E-state index contributed by atoms with van der Waals surface area (Å²) in [4.78, 5) is 18.2. The van der Waals surface area contributed by atoms with Crippen LogP contribution in [0.4, 0.5) is 0 Å². The summed E-state index contributed by atoms with van der Waals surface area (Å²) >= 11 is 6.14. The maximum absolute atomic E-state index is 9.18. The highest BCUT2D eigenvalue weighted by Crippen LogP contribution is 2.25. The number of carboxylic acids is 2. The molecule has 8 heteroatoms. The van der Waals surface area contributed by atoms with Crippen molar-refractivity contribution in [3.05, 3.63) is 64.7 Å². The quantitative estimate of drug-likeness (QED) is 0.333. The van der Waals surface area contributed by atoms with Gasteiger partial charge in [-0.25, -0.2) is 9.59 Å². The first-order chi connectivity index (χ1) is 14.3. The lowest BCUT2D eigenvalue weighted by atomic mass is 10.0. The highest BCUT2D eigenvalue weighted by molar-refractivity contribution is 6.30. The molecule has 0 heterocycles. The second-order valence-corrected chi connectivity index (χ2v) is 7.07. The molecule has 0 bridgehead atoms. The highest BCUT2D eigenvalue weighted by atomic mass is 35.5. The van der Waals surface area contributed by atoms with Gasteiger partial charge in [-0.1, -0.05) is 41.9 Å². The van der Waals surface area contributed by atoms with Crippen LogP contribution in [-0.4, -0.2) is 53.1 Å². The van der Waals surface area contributed by atoms with E-state index in [2.05, 4.69) is 17.4 Å². The summed E-state index contributed by atoms with van der Waals surface area (Å²) in [6.45, 7) is 4.00. The van der Waals surface area contributed by atoms with Crippen LogP contribution in [0, 0.1) is 0 Å². The first-order valence-electron chi connectivity index (χ1n) is 9.59. The van der Waals surface area contributed by atoms with Gasteiger partial charge in [-0.2, -0.15) is 0 Å². The van der Waals surface area contributed by atoms with Crippen LogP contribution in [0.25, 0.3) is 0 Å². The molecule has 0 fully saturated rings. The van der Waals surface area contributed by atoms with Crippen LogP contribution in [0.2, 0.25) is 5.02 Å². The molecule has 2 rings (SSSR count). The fraction of sp³-hybridized carbons (Fsp3) is 0.364. The number of carboxylic acid groups (broad SMARTS) is 2. The lowest BCUT2D eigenvalue weighted by Crippen LogP contribution is -2.25. The van der Waals surface area contributed by atoms with Crippen LogP contribution in [0.3, 0.4) is 0 Å². The molecule has 7 nitrogen and oxygen atoms in total. The van der Waals surface area contributed by atoms with E-state index in [1.165, 1.54) is 5.56 Å². The number of aliphatic hydroxyl groups excluding tert-OH is 1. The Balaban J connectivity index is 0.000000656. The predicted molar refractivity (Wildman–Crippen MR) is 115 cm³/mol. The number of nitrogens with one attached hydrogen (secondary N) is 1.